The number of hydrogen-bond acceptors (Lipinski definition) is 2. The molecule has 1 rings (SSSR count). The highest BCUT2D eigenvalue weighted by Gasteiger charge is 2.26. The van der Waals surface area contributed by atoms with Crippen LogP contribution in [0, 0.1) is 5.41 Å². The van der Waals surface area contributed by atoms with Gasteiger partial charge in [-0.3, -0.25) is 4.79 Å². The van der Waals surface area contributed by atoms with Gasteiger partial charge in [0.15, 0.2) is 0 Å². The third-order valence-electron chi connectivity index (χ3n) is 3.28. The highest BCUT2D eigenvalue weighted by Crippen LogP contribution is 2.19. The lowest BCUT2D eigenvalue weighted by Gasteiger charge is -2.31. The smallest absolute Gasteiger partial charge is 0.237 e. The van der Waals surface area contributed by atoms with Gasteiger partial charge in [0.25, 0.3) is 0 Å². The van der Waals surface area contributed by atoms with Crippen LogP contribution in [0.4, 0.5) is 0 Å². The predicted molar refractivity (Wildman–Crippen MR) is 62.7 cm³/mol. The first-order chi connectivity index (χ1) is 6.91. The number of carbonyl (C=O) groups excluding carboxylic acids is 1. The van der Waals surface area contributed by atoms with E-state index in [-0.39, 0.29) is 23.4 Å². The van der Waals surface area contributed by atoms with Gasteiger partial charge < -0.3 is 10.6 Å². The van der Waals surface area contributed by atoms with Crippen molar-refractivity contribution in [1.82, 2.24) is 10.6 Å². The van der Waals surface area contributed by atoms with Crippen LogP contribution in [0.1, 0.15) is 47.0 Å². The normalized spacial score (nSPS) is 24.7. The minimum absolute atomic E-state index is 0.0311. The predicted octanol–water partition coefficient (Wildman–Crippen LogP) is 1.68. The number of piperidine rings is 1. The Morgan fingerprint density at radius 3 is 2.53 bits per heavy atom. The largest absolute Gasteiger partial charge is 0.352 e. The number of rotatable bonds is 2. The van der Waals surface area contributed by atoms with Gasteiger partial charge >= 0.3 is 0 Å². The van der Waals surface area contributed by atoms with E-state index in [1.54, 1.807) is 0 Å². The van der Waals surface area contributed by atoms with E-state index in [1.807, 2.05) is 0 Å². The maximum Gasteiger partial charge on any atom is 0.237 e. The molecule has 15 heavy (non-hydrogen) atoms. The van der Waals surface area contributed by atoms with Gasteiger partial charge in [0.1, 0.15) is 0 Å². The second kappa shape index (κ2) is 4.97. The molecule has 1 aliphatic rings. The van der Waals surface area contributed by atoms with Crippen molar-refractivity contribution in [3.05, 3.63) is 0 Å². The van der Waals surface area contributed by atoms with Crippen LogP contribution in [0.2, 0.25) is 0 Å². The molecule has 0 radical (unpaired) electrons. The van der Waals surface area contributed by atoms with E-state index in [9.17, 15) is 4.79 Å². The van der Waals surface area contributed by atoms with E-state index in [4.69, 9.17) is 0 Å². The van der Waals surface area contributed by atoms with Crippen LogP contribution in [0.3, 0.4) is 0 Å². The van der Waals surface area contributed by atoms with Crippen LogP contribution in [-0.2, 0) is 4.79 Å². The zero-order chi connectivity index (χ0) is 11.5. The van der Waals surface area contributed by atoms with E-state index >= 15 is 0 Å². The SMILES string of the molecule is CC(NC(=O)C1CCCCN1)C(C)(C)C. The first-order valence-electron chi connectivity index (χ1n) is 5.95. The lowest BCUT2D eigenvalue weighted by molar-refractivity contribution is -0.125. The first-order valence-corrected chi connectivity index (χ1v) is 5.95. The summed E-state index contributed by atoms with van der Waals surface area (Å²) >= 11 is 0. The molecule has 0 aromatic heterocycles. The molecule has 0 spiro atoms. The Morgan fingerprint density at radius 1 is 1.40 bits per heavy atom. The molecule has 0 aromatic carbocycles. The molecule has 2 unspecified atom stereocenters. The molecule has 3 heteroatoms. The monoisotopic (exact) mass is 212 g/mol. The first kappa shape index (κ1) is 12.5. The molecule has 1 aliphatic heterocycles. The summed E-state index contributed by atoms with van der Waals surface area (Å²) in [5.74, 6) is 0.164. The lowest BCUT2D eigenvalue weighted by atomic mass is 9.88. The Bertz CT molecular complexity index is 214. The summed E-state index contributed by atoms with van der Waals surface area (Å²) in [4.78, 5) is 11.9. The highest BCUT2D eigenvalue weighted by molar-refractivity contribution is 5.82. The van der Waals surface area contributed by atoms with E-state index in [0.29, 0.717) is 0 Å². The van der Waals surface area contributed by atoms with Gasteiger partial charge in [0, 0.05) is 6.04 Å². The quantitative estimate of drug-likeness (QED) is 0.731. The molecule has 2 N–H and O–H groups in total. The third-order valence-corrected chi connectivity index (χ3v) is 3.28. The summed E-state index contributed by atoms with van der Waals surface area (Å²) in [5.41, 5.74) is 0.129. The standard InChI is InChI=1S/C12H24N2O/c1-9(12(2,3)4)14-11(15)10-7-5-6-8-13-10/h9-10,13H,5-8H2,1-4H3,(H,14,15). The zero-order valence-electron chi connectivity index (χ0n) is 10.4. The molecular weight excluding hydrogens is 188 g/mol. The van der Waals surface area contributed by atoms with Gasteiger partial charge in [-0.2, -0.15) is 0 Å². The second-order valence-corrected chi connectivity index (χ2v) is 5.60. The van der Waals surface area contributed by atoms with Gasteiger partial charge in [-0.1, -0.05) is 27.2 Å². The van der Waals surface area contributed by atoms with Crippen molar-refractivity contribution in [3.63, 3.8) is 0 Å². The van der Waals surface area contributed by atoms with E-state index in [1.165, 1.54) is 6.42 Å². The van der Waals surface area contributed by atoms with Gasteiger partial charge in [-0.05, 0) is 31.7 Å². The minimum Gasteiger partial charge on any atom is -0.352 e. The number of carbonyl (C=O) groups is 1. The highest BCUT2D eigenvalue weighted by atomic mass is 16.2. The van der Waals surface area contributed by atoms with Crippen molar-refractivity contribution >= 4 is 5.91 Å². The molecule has 1 amide bonds. The molecule has 0 saturated carbocycles. The van der Waals surface area contributed by atoms with Crippen molar-refractivity contribution in [3.8, 4) is 0 Å². The molecule has 0 bridgehead atoms. The molecule has 3 nitrogen and oxygen atoms in total. The molecule has 2 atom stereocenters. The fourth-order valence-corrected chi connectivity index (χ4v) is 1.61. The maximum absolute atomic E-state index is 11.9. The summed E-state index contributed by atoms with van der Waals surface area (Å²) < 4.78 is 0. The van der Waals surface area contributed by atoms with Gasteiger partial charge in [0.05, 0.1) is 6.04 Å². The molecule has 1 fully saturated rings. The number of hydrogen-bond donors (Lipinski definition) is 2. The Labute approximate surface area is 93.0 Å². The maximum atomic E-state index is 11.9. The topological polar surface area (TPSA) is 41.1 Å². The summed E-state index contributed by atoms with van der Waals surface area (Å²) in [5, 5.41) is 6.35. The van der Waals surface area contributed by atoms with Crippen molar-refractivity contribution in [2.75, 3.05) is 6.54 Å². The number of nitrogens with one attached hydrogen (secondary N) is 2. The Balaban J connectivity index is 2.40. The summed E-state index contributed by atoms with van der Waals surface area (Å²) in [7, 11) is 0. The van der Waals surface area contributed by atoms with Crippen molar-refractivity contribution in [1.29, 1.82) is 0 Å². The van der Waals surface area contributed by atoms with Crippen LogP contribution in [0.25, 0.3) is 0 Å². The van der Waals surface area contributed by atoms with Gasteiger partial charge in [-0.15, -0.1) is 0 Å². The van der Waals surface area contributed by atoms with E-state index in [2.05, 4.69) is 38.3 Å². The van der Waals surface area contributed by atoms with Gasteiger partial charge in [-0.25, -0.2) is 0 Å². The van der Waals surface area contributed by atoms with Crippen LogP contribution < -0.4 is 10.6 Å². The molecule has 1 saturated heterocycles. The Hall–Kier alpha value is -0.570. The fraction of sp³-hybridized carbons (Fsp3) is 0.917. The third kappa shape index (κ3) is 3.82. The van der Waals surface area contributed by atoms with Gasteiger partial charge in [0.2, 0.25) is 5.91 Å². The Morgan fingerprint density at radius 2 is 2.07 bits per heavy atom. The van der Waals surface area contributed by atoms with Crippen LogP contribution >= 0.6 is 0 Å². The van der Waals surface area contributed by atoms with E-state index < -0.39 is 0 Å². The molecule has 0 aliphatic carbocycles. The molecule has 88 valence electrons. The average Bonchev–Trinajstić information content (AvgIpc) is 2.17. The van der Waals surface area contributed by atoms with Crippen LogP contribution in [0.5, 0.6) is 0 Å². The molecule has 0 aromatic rings. The summed E-state index contributed by atoms with van der Waals surface area (Å²) in [6.45, 7) is 9.48. The molecular formula is C12H24N2O. The molecule has 1 heterocycles. The summed E-state index contributed by atoms with van der Waals surface area (Å²) in [6.07, 6.45) is 3.33. The van der Waals surface area contributed by atoms with Crippen LogP contribution in [-0.4, -0.2) is 24.5 Å². The van der Waals surface area contributed by atoms with Crippen molar-refractivity contribution < 1.29 is 4.79 Å². The van der Waals surface area contributed by atoms with Crippen LogP contribution in [0.15, 0.2) is 0 Å². The van der Waals surface area contributed by atoms with E-state index in [0.717, 1.165) is 19.4 Å². The average molecular weight is 212 g/mol. The fourth-order valence-electron chi connectivity index (χ4n) is 1.61. The minimum atomic E-state index is 0.0311. The number of amides is 1. The summed E-state index contributed by atoms with van der Waals surface area (Å²) in [6, 6.07) is 0.247. The zero-order valence-corrected chi connectivity index (χ0v) is 10.4. The Kier molecular flexibility index (Phi) is 4.14. The van der Waals surface area contributed by atoms with Crippen molar-refractivity contribution in [2.45, 2.75) is 59.0 Å². The lowest BCUT2D eigenvalue weighted by Crippen LogP contribution is -2.51. The van der Waals surface area contributed by atoms with Crippen molar-refractivity contribution in [2.24, 2.45) is 5.41 Å². The second-order valence-electron chi connectivity index (χ2n) is 5.60.